The van der Waals surface area contributed by atoms with E-state index in [1.165, 1.54) is 6.20 Å². The zero-order valence-electron chi connectivity index (χ0n) is 8.46. The van der Waals surface area contributed by atoms with Crippen molar-refractivity contribution in [1.82, 2.24) is 10.3 Å². The molecule has 0 spiro atoms. The van der Waals surface area contributed by atoms with Crippen LogP contribution in [-0.4, -0.2) is 23.5 Å². The number of nitrogens with zero attached hydrogens (tertiary/aromatic N) is 1. The summed E-state index contributed by atoms with van der Waals surface area (Å²) in [6, 6.07) is 1.45. The lowest BCUT2D eigenvalue weighted by atomic mass is 10.4. The molecule has 86 valence electrons. The molecule has 1 heterocycles. The average Bonchev–Trinajstić information content (AvgIpc) is 3.00. The van der Waals surface area contributed by atoms with Crippen LogP contribution in [0.1, 0.15) is 12.8 Å². The van der Waals surface area contributed by atoms with Gasteiger partial charge in [-0.1, -0.05) is 11.6 Å². The Labute approximate surface area is 97.2 Å². The van der Waals surface area contributed by atoms with Crippen molar-refractivity contribution in [3.05, 3.63) is 23.1 Å². The highest BCUT2D eigenvalue weighted by atomic mass is 35.5. The van der Waals surface area contributed by atoms with Crippen LogP contribution >= 0.6 is 11.6 Å². The molecule has 1 aliphatic rings. The zero-order chi connectivity index (χ0) is 11.5. The summed E-state index contributed by atoms with van der Waals surface area (Å²) in [6.07, 6.45) is 3.38. The molecule has 1 fully saturated rings. The average molecular weight is 244 g/mol. The first-order chi connectivity index (χ1) is 7.65. The van der Waals surface area contributed by atoms with E-state index in [4.69, 9.17) is 11.6 Å². The number of rotatable bonds is 4. The SMILES string of the molecule is O=C(CNc1ncc(Cl)cc1F)NC1CC1. The molecular weight excluding hydrogens is 233 g/mol. The molecule has 4 nitrogen and oxygen atoms in total. The van der Waals surface area contributed by atoms with Gasteiger partial charge >= 0.3 is 0 Å². The first-order valence-electron chi connectivity index (χ1n) is 4.99. The number of carbonyl (C=O) groups is 1. The van der Waals surface area contributed by atoms with Gasteiger partial charge in [0, 0.05) is 12.2 Å². The lowest BCUT2D eigenvalue weighted by molar-refractivity contribution is -0.119. The van der Waals surface area contributed by atoms with Gasteiger partial charge in [-0.05, 0) is 18.9 Å². The second-order valence-electron chi connectivity index (χ2n) is 3.68. The van der Waals surface area contributed by atoms with E-state index in [1.54, 1.807) is 0 Å². The standard InChI is InChI=1S/C10H11ClFN3O/c11-6-3-8(12)10(13-4-6)14-5-9(16)15-7-1-2-7/h3-4,7H,1-2,5H2,(H,13,14)(H,15,16). The number of halogens is 2. The first-order valence-corrected chi connectivity index (χ1v) is 5.37. The van der Waals surface area contributed by atoms with Gasteiger partial charge in [0.25, 0.3) is 0 Å². The van der Waals surface area contributed by atoms with E-state index in [0.29, 0.717) is 6.04 Å². The van der Waals surface area contributed by atoms with Crippen LogP contribution in [-0.2, 0) is 4.79 Å². The van der Waals surface area contributed by atoms with Crippen LogP contribution < -0.4 is 10.6 Å². The van der Waals surface area contributed by atoms with Gasteiger partial charge in [0.05, 0.1) is 11.6 Å². The minimum atomic E-state index is -0.563. The molecule has 0 bridgehead atoms. The highest BCUT2D eigenvalue weighted by Crippen LogP contribution is 2.18. The van der Waals surface area contributed by atoms with Gasteiger partial charge in [-0.25, -0.2) is 9.37 Å². The highest BCUT2D eigenvalue weighted by Gasteiger charge is 2.22. The van der Waals surface area contributed by atoms with Crippen LogP contribution in [0.5, 0.6) is 0 Å². The second-order valence-corrected chi connectivity index (χ2v) is 4.12. The zero-order valence-corrected chi connectivity index (χ0v) is 9.22. The third-order valence-electron chi connectivity index (χ3n) is 2.17. The Balaban J connectivity index is 1.85. The second kappa shape index (κ2) is 4.65. The molecule has 1 aromatic rings. The molecule has 1 saturated carbocycles. The lowest BCUT2D eigenvalue weighted by Crippen LogP contribution is -2.31. The summed E-state index contributed by atoms with van der Waals surface area (Å²) in [4.78, 5) is 15.0. The number of hydrogen-bond donors (Lipinski definition) is 2. The van der Waals surface area contributed by atoms with E-state index in [2.05, 4.69) is 15.6 Å². The molecule has 1 amide bonds. The molecule has 16 heavy (non-hydrogen) atoms. The van der Waals surface area contributed by atoms with Crippen molar-refractivity contribution in [2.24, 2.45) is 0 Å². The highest BCUT2D eigenvalue weighted by molar-refractivity contribution is 6.30. The fraction of sp³-hybridized carbons (Fsp3) is 0.400. The van der Waals surface area contributed by atoms with Crippen molar-refractivity contribution >= 4 is 23.3 Å². The third-order valence-corrected chi connectivity index (χ3v) is 2.37. The predicted molar refractivity (Wildman–Crippen MR) is 58.9 cm³/mol. The van der Waals surface area contributed by atoms with E-state index in [1.807, 2.05) is 0 Å². The van der Waals surface area contributed by atoms with Crippen LogP contribution in [0, 0.1) is 5.82 Å². The Kier molecular flexibility index (Phi) is 3.24. The number of nitrogens with one attached hydrogen (secondary N) is 2. The number of anilines is 1. The summed E-state index contributed by atoms with van der Waals surface area (Å²) < 4.78 is 13.2. The molecule has 0 radical (unpaired) electrons. The molecule has 0 saturated heterocycles. The number of aromatic nitrogens is 1. The number of hydrogen-bond acceptors (Lipinski definition) is 3. The summed E-state index contributed by atoms with van der Waals surface area (Å²) >= 11 is 5.55. The summed E-state index contributed by atoms with van der Waals surface area (Å²) in [5, 5.41) is 5.62. The minimum absolute atomic E-state index is 0.0159. The molecule has 0 unspecified atom stereocenters. The quantitative estimate of drug-likeness (QED) is 0.844. The number of pyridine rings is 1. The van der Waals surface area contributed by atoms with Gasteiger partial charge < -0.3 is 10.6 Å². The van der Waals surface area contributed by atoms with Gasteiger partial charge in [0.15, 0.2) is 11.6 Å². The van der Waals surface area contributed by atoms with Crippen LogP contribution in [0.4, 0.5) is 10.2 Å². The van der Waals surface area contributed by atoms with Crippen LogP contribution in [0.2, 0.25) is 5.02 Å². The molecule has 2 rings (SSSR count). The van der Waals surface area contributed by atoms with E-state index in [-0.39, 0.29) is 23.3 Å². The monoisotopic (exact) mass is 243 g/mol. The summed E-state index contributed by atoms with van der Waals surface area (Å²) in [5.41, 5.74) is 0. The Morgan fingerprint density at radius 2 is 2.38 bits per heavy atom. The van der Waals surface area contributed by atoms with E-state index >= 15 is 0 Å². The van der Waals surface area contributed by atoms with Gasteiger partial charge in [-0.15, -0.1) is 0 Å². The smallest absolute Gasteiger partial charge is 0.239 e. The van der Waals surface area contributed by atoms with Crippen molar-refractivity contribution in [3.8, 4) is 0 Å². The van der Waals surface area contributed by atoms with Crippen molar-refractivity contribution < 1.29 is 9.18 Å². The molecule has 0 aromatic carbocycles. The van der Waals surface area contributed by atoms with E-state index in [0.717, 1.165) is 18.9 Å². The third kappa shape index (κ3) is 3.06. The summed E-state index contributed by atoms with van der Waals surface area (Å²) in [7, 11) is 0. The van der Waals surface area contributed by atoms with E-state index in [9.17, 15) is 9.18 Å². The maximum absolute atomic E-state index is 13.2. The predicted octanol–water partition coefficient (Wildman–Crippen LogP) is 1.56. The van der Waals surface area contributed by atoms with Gasteiger partial charge in [-0.2, -0.15) is 0 Å². The molecule has 2 N–H and O–H groups in total. The fourth-order valence-corrected chi connectivity index (χ4v) is 1.36. The first kappa shape index (κ1) is 11.1. The molecule has 0 atom stereocenters. The minimum Gasteiger partial charge on any atom is -0.359 e. The van der Waals surface area contributed by atoms with Crippen LogP contribution in [0.15, 0.2) is 12.3 Å². The number of carbonyl (C=O) groups excluding carboxylic acids is 1. The van der Waals surface area contributed by atoms with Gasteiger partial charge in [0.2, 0.25) is 5.91 Å². The Hall–Kier alpha value is -1.36. The molecule has 1 aliphatic carbocycles. The molecule has 0 aliphatic heterocycles. The van der Waals surface area contributed by atoms with E-state index < -0.39 is 5.82 Å². The summed E-state index contributed by atoms with van der Waals surface area (Å²) in [5.74, 6) is -0.680. The number of amides is 1. The normalized spacial score (nSPS) is 14.6. The Morgan fingerprint density at radius 3 is 3.00 bits per heavy atom. The maximum Gasteiger partial charge on any atom is 0.239 e. The van der Waals surface area contributed by atoms with Crippen molar-refractivity contribution in [1.29, 1.82) is 0 Å². The molecule has 6 heteroatoms. The van der Waals surface area contributed by atoms with Gasteiger partial charge in [0.1, 0.15) is 0 Å². The largest absolute Gasteiger partial charge is 0.359 e. The Bertz CT molecular complexity index is 409. The van der Waals surface area contributed by atoms with Crippen LogP contribution in [0.25, 0.3) is 0 Å². The molecule has 1 aromatic heterocycles. The topological polar surface area (TPSA) is 54.0 Å². The Morgan fingerprint density at radius 1 is 1.62 bits per heavy atom. The molecular formula is C10H11ClFN3O. The van der Waals surface area contributed by atoms with Gasteiger partial charge in [-0.3, -0.25) is 4.79 Å². The fourth-order valence-electron chi connectivity index (χ4n) is 1.22. The van der Waals surface area contributed by atoms with Crippen LogP contribution in [0.3, 0.4) is 0 Å². The lowest BCUT2D eigenvalue weighted by Gasteiger charge is -2.06. The van der Waals surface area contributed by atoms with Crippen molar-refractivity contribution in [2.75, 3.05) is 11.9 Å². The van der Waals surface area contributed by atoms with Crippen molar-refractivity contribution in [2.45, 2.75) is 18.9 Å². The maximum atomic E-state index is 13.2. The summed E-state index contributed by atoms with van der Waals surface area (Å²) in [6.45, 7) is 0.0159. The van der Waals surface area contributed by atoms with Crippen molar-refractivity contribution in [3.63, 3.8) is 0 Å².